The van der Waals surface area contributed by atoms with Gasteiger partial charge in [0.15, 0.2) is 5.13 Å². The third-order valence-corrected chi connectivity index (χ3v) is 3.94. The fourth-order valence-electron chi connectivity index (χ4n) is 1.85. The maximum Gasteiger partial charge on any atom is 0.417 e. The Hall–Kier alpha value is -1.73. The monoisotopic (exact) mass is 362 g/mol. The van der Waals surface area contributed by atoms with E-state index in [1.54, 1.807) is 5.38 Å². The van der Waals surface area contributed by atoms with E-state index in [0.717, 1.165) is 11.8 Å². The molecule has 0 aliphatic heterocycles. The van der Waals surface area contributed by atoms with Gasteiger partial charge in [0, 0.05) is 17.5 Å². The first-order valence-electron chi connectivity index (χ1n) is 6.68. The second-order valence-electron chi connectivity index (χ2n) is 4.61. The van der Waals surface area contributed by atoms with Crippen molar-refractivity contribution in [3.05, 3.63) is 52.2 Å². The SMILES string of the molecule is C=C(Cc1csc(Nc2ccc(Cl)c(C(F)(F)F)c2)n1)OCC. The van der Waals surface area contributed by atoms with Gasteiger partial charge in [0.05, 0.1) is 28.6 Å². The second-order valence-corrected chi connectivity index (χ2v) is 5.88. The summed E-state index contributed by atoms with van der Waals surface area (Å²) in [5, 5.41) is 4.80. The van der Waals surface area contributed by atoms with Crippen molar-refractivity contribution in [3.63, 3.8) is 0 Å². The molecule has 1 N–H and O–H groups in total. The van der Waals surface area contributed by atoms with Crippen molar-refractivity contribution in [3.8, 4) is 0 Å². The second kappa shape index (κ2) is 7.23. The van der Waals surface area contributed by atoms with Crippen molar-refractivity contribution >= 4 is 33.8 Å². The first-order valence-corrected chi connectivity index (χ1v) is 7.94. The number of halogens is 4. The Kier molecular flexibility index (Phi) is 5.54. The molecule has 2 rings (SSSR count). The summed E-state index contributed by atoms with van der Waals surface area (Å²) in [4.78, 5) is 4.29. The van der Waals surface area contributed by atoms with Crippen molar-refractivity contribution in [1.82, 2.24) is 4.98 Å². The summed E-state index contributed by atoms with van der Waals surface area (Å²) < 4.78 is 43.8. The smallest absolute Gasteiger partial charge is 0.417 e. The summed E-state index contributed by atoms with van der Waals surface area (Å²) >= 11 is 6.88. The van der Waals surface area contributed by atoms with Crippen LogP contribution in [0.4, 0.5) is 24.0 Å². The molecule has 0 saturated heterocycles. The first kappa shape index (κ1) is 17.6. The van der Waals surface area contributed by atoms with Crippen LogP contribution in [0.3, 0.4) is 0 Å². The lowest BCUT2D eigenvalue weighted by atomic mass is 10.2. The van der Waals surface area contributed by atoms with Crippen LogP contribution in [0.2, 0.25) is 5.02 Å². The Labute approximate surface area is 140 Å². The van der Waals surface area contributed by atoms with Gasteiger partial charge in [0.2, 0.25) is 0 Å². The molecule has 0 amide bonds. The van der Waals surface area contributed by atoms with Gasteiger partial charge in [-0.1, -0.05) is 18.2 Å². The van der Waals surface area contributed by atoms with Gasteiger partial charge in [-0.05, 0) is 25.1 Å². The number of rotatable bonds is 6. The zero-order valence-electron chi connectivity index (χ0n) is 12.2. The number of nitrogens with zero attached hydrogens (tertiary/aromatic N) is 1. The zero-order chi connectivity index (χ0) is 17.0. The van der Waals surface area contributed by atoms with Crippen LogP contribution in [0.25, 0.3) is 0 Å². The van der Waals surface area contributed by atoms with E-state index < -0.39 is 11.7 Å². The normalized spacial score (nSPS) is 11.3. The van der Waals surface area contributed by atoms with Crippen molar-refractivity contribution < 1.29 is 17.9 Å². The molecule has 0 fully saturated rings. The number of nitrogens with one attached hydrogen (secondary N) is 1. The van der Waals surface area contributed by atoms with Crippen LogP contribution in [-0.4, -0.2) is 11.6 Å². The van der Waals surface area contributed by atoms with E-state index in [9.17, 15) is 13.2 Å². The van der Waals surface area contributed by atoms with Crippen molar-refractivity contribution in [1.29, 1.82) is 0 Å². The molecule has 2 aromatic rings. The molecular weight excluding hydrogens is 349 g/mol. The molecule has 3 nitrogen and oxygen atoms in total. The molecule has 23 heavy (non-hydrogen) atoms. The summed E-state index contributed by atoms with van der Waals surface area (Å²) in [6, 6.07) is 3.64. The lowest BCUT2D eigenvalue weighted by molar-refractivity contribution is -0.137. The quantitative estimate of drug-likeness (QED) is 0.674. The standard InChI is InChI=1S/C15H14ClF3N2OS/c1-3-22-9(2)6-11-8-23-14(21-11)20-10-4-5-13(16)12(7-10)15(17,18)19/h4-5,7-8H,2-3,6H2,1H3,(H,20,21). The van der Waals surface area contributed by atoms with E-state index in [-0.39, 0.29) is 10.7 Å². The third kappa shape index (κ3) is 4.87. The van der Waals surface area contributed by atoms with Crippen LogP contribution in [-0.2, 0) is 17.3 Å². The van der Waals surface area contributed by atoms with Gasteiger partial charge in [-0.2, -0.15) is 13.2 Å². The van der Waals surface area contributed by atoms with Crippen molar-refractivity contribution in [2.45, 2.75) is 19.5 Å². The molecule has 0 radical (unpaired) electrons. The molecule has 1 aromatic carbocycles. The van der Waals surface area contributed by atoms with Gasteiger partial charge in [-0.3, -0.25) is 0 Å². The molecular formula is C15H14ClF3N2OS. The number of anilines is 2. The Morgan fingerprint density at radius 2 is 2.17 bits per heavy atom. The number of hydrogen-bond donors (Lipinski definition) is 1. The predicted molar refractivity (Wildman–Crippen MR) is 86.3 cm³/mol. The van der Waals surface area contributed by atoms with E-state index in [4.69, 9.17) is 16.3 Å². The van der Waals surface area contributed by atoms with Crippen molar-refractivity contribution in [2.24, 2.45) is 0 Å². The molecule has 0 saturated carbocycles. The Balaban J connectivity index is 2.11. The first-order chi connectivity index (χ1) is 10.8. The number of alkyl halides is 3. The molecule has 1 heterocycles. The average molecular weight is 363 g/mol. The van der Waals surface area contributed by atoms with E-state index in [0.29, 0.717) is 23.9 Å². The van der Waals surface area contributed by atoms with E-state index in [1.807, 2.05) is 6.92 Å². The highest BCUT2D eigenvalue weighted by molar-refractivity contribution is 7.13. The average Bonchev–Trinajstić information content (AvgIpc) is 2.87. The molecule has 0 aliphatic carbocycles. The summed E-state index contributed by atoms with van der Waals surface area (Å²) in [5.74, 6) is 0.593. The molecule has 0 atom stereocenters. The topological polar surface area (TPSA) is 34.2 Å². The highest BCUT2D eigenvalue weighted by atomic mass is 35.5. The van der Waals surface area contributed by atoms with Crippen LogP contribution in [0, 0.1) is 0 Å². The van der Waals surface area contributed by atoms with E-state index in [2.05, 4.69) is 16.9 Å². The lowest BCUT2D eigenvalue weighted by Gasteiger charge is -2.11. The summed E-state index contributed by atoms with van der Waals surface area (Å²) in [6.45, 7) is 6.15. The minimum Gasteiger partial charge on any atom is -0.498 e. The summed E-state index contributed by atoms with van der Waals surface area (Å²) in [7, 11) is 0. The number of allylic oxidation sites excluding steroid dienone is 1. The minimum atomic E-state index is -4.50. The minimum absolute atomic E-state index is 0.270. The third-order valence-electron chi connectivity index (χ3n) is 2.80. The number of hydrogen-bond acceptors (Lipinski definition) is 4. The fourth-order valence-corrected chi connectivity index (χ4v) is 2.80. The van der Waals surface area contributed by atoms with Crippen LogP contribution < -0.4 is 5.32 Å². The summed E-state index contributed by atoms with van der Waals surface area (Å²) in [6.07, 6.45) is -4.04. The van der Waals surface area contributed by atoms with Gasteiger partial charge in [0.25, 0.3) is 0 Å². The molecule has 0 bridgehead atoms. The number of benzene rings is 1. The molecule has 8 heteroatoms. The van der Waals surface area contributed by atoms with Crippen LogP contribution >= 0.6 is 22.9 Å². The van der Waals surface area contributed by atoms with E-state index >= 15 is 0 Å². The highest BCUT2D eigenvalue weighted by Gasteiger charge is 2.33. The molecule has 1 aromatic heterocycles. The van der Waals surface area contributed by atoms with Gasteiger partial charge < -0.3 is 10.1 Å². The zero-order valence-corrected chi connectivity index (χ0v) is 13.8. The van der Waals surface area contributed by atoms with Crippen LogP contribution in [0.15, 0.2) is 35.9 Å². The van der Waals surface area contributed by atoms with E-state index in [1.165, 1.54) is 23.5 Å². The maximum absolute atomic E-state index is 12.8. The van der Waals surface area contributed by atoms with Crippen LogP contribution in [0.5, 0.6) is 0 Å². The molecule has 0 spiro atoms. The molecule has 124 valence electrons. The number of thiazole rings is 1. The van der Waals surface area contributed by atoms with Gasteiger partial charge in [-0.25, -0.2) is 4.98 Å². The Bertz CT molecular complexity index is 700. The largest absolute Gasteiger partial charge is 0.498 e. The van der Waals surface area contributed by atoms with Gasteiger partial charge in [-0.15, -0.1) is 11.3 Å². The van der Waals surface area contributed by atoms with Gasteiger partial charge >= 0.3 is 6.18 Å². The summed E-state index contributed by atoms with van der Waals surface area (Å²) in [5.41, 5.74) is 0.123. The van der Waals surface area contributed by atoms with Crippen molar-refractivity contribution in [2.75, 3.05) is 11.9 Å². The predicted octanol–water partition coefficient (Wildman–Crippen LogP) is 5.65. The number of aromatic nitrogens is 1. The Morgan fingerprint density at radius 1 is 1.43 bits per heavy atom. The molecule has 0 aliphatic rings. The Morgan fingerprint density at radius 3 is 2.83 bits per heavy atom. The van der Waals surface area contributed by atoms with Gasteiger partial charge in [0.1, 0.15) is 0 Å². The maximum atomic E-state index is 12.8. The fraction of sp³-hybridized carbons (Fsp3) is 0.267. The molecule has 0 unspecified atom stereocenters. The number of ether oxygens (including phenoxy) is 1. The highest BCUT2D eigenvalue weighted by Crippen LogP contribution is 2.36. The lowest BCUT2D eigenvalue weighted by Crippen LogP contribution is -2.06. The van der Waals surface area contributed by atoms with Crippen LogP contribution in [0.1, 0.15) is 18.2 Å².